The normalized spacial score (nSPS) is 18.2. The molecule has 7 heteroatoms. The first-order chi connectivity index (χ1) is 13.3. The zero-order valence-electron chi connectivity index (χ0n) is 15.6. The van der Waals surface area contributed by atoms with E-state index in [1.54, 1.807) is 7.11 Å². The summed E-state index contributed by atoms with van der Waals surface area (Å²) in [6.45, 7) is 5.00. The fourth-order valence-corrected chi connectivity index (χ4v) is 3.76. The van der Waals surface area contributed by atoms with Crippen molar-refractivity contribution in [3.8, 4) is 5.75 Å². The van der Waals surface area contributed by atoms with Crippen LogP contribution in [0, 0.1) is 0 Å². The van der Waals surface area contributed by atoms with Gasteiger partial charge in [-0.05, 0) is 30.5 Å². The van der Waals surface area contributed by atoms with E-state index >= 15 is 0 Å². The number of piperazine rings is 1. The highest BCUT2D eigenvalue weighted by Gasteiger charge is 2.29. The van der Waals surface area contributed by atoms with Crippen LogP contribution in [0.2, 0.25) is 0 Å². The Labute approximate surface area is 158 Å². The van der Waals surface area contributed by atoms with Crippen LogP contribution in [0.25, 0.3) is 5.65 Å². The summed E-state index contributed by atoms with van der Waals surface area (Å²) in [4.78, 5) is 4.88. The lowest BCUT2D eigenvalue weighted by Gasteiger charge is -2.35. The first-order valence-electron chi connectivity index (χ1n) is 9.62. The van der Waals surface area contributed by atoms with Crippen molar-refractivity contribution in [2.45, 2.75) is 25.3 Å². The number of nitrogens with zero attached hydrogens (tertiary/aromatic N) is 6. The van der Waals surface area contributed by atoms with E-state index in [2.05, 4.69) is 49.4 Å². The summed E-state index contributed by atoms with van der Waals surface area (Å²) < 4.78 is 7.23. The number of anilines is 1. The van der Waals surface area contributed by atoms with Crippen LogP contribution in [0.15, 0.2) is 36.5 Å². The lowest BCUT2D eigenvalue weighted by atomic mass is 10.2. The largest absolute Gasteiger partial charge is 0.497 e. The summed E-state index contributed by atoms with van der Waals surface area (Å²) in [5.41, 5.74) is 3.29. The Morgan fingerprint density at radius 2 is 1.93 bits per heavy atom. The molecular formula is C20H24N6O. The fraction of sp³-hybridized carbons (Fsp3) is 0.450. The summed E-state index contributed by atoms with van der Waals surface area (Å²) >= 11 is 0. The van der Waals surface area contributed by atoms with Crippen molar-refractivity contribution in [3.05, 3.63) is 47.9 Å². The third kappa shape index (κ3) is 3.35. The molecule has 2 aromatic heterocycles. The number of benzene rings is 1. The van der Waals surface area contributed by atoms with Gasteiger partial charge in [0.1, 0.15) is 5.75 Å². The second-order valence-corrected chi connectivity index (χ2v) is 7.43. The molecule has 1 saturated heterocycles. The summed E-state index contributed by atoms with van der Waals surface area (Å²) in [6.07, 6.45) is 4.37. The third-order valence-electron chi connectivity index (χ3n) is 5.49. The van der Waals surface area contributed by atoms with Crippen LogP contribution in [-0.2, 0) is 6.54 Å². The highest BCUT2D eigenvalue weighted by atomic mass is 16.5. The van der Waals surface area contributed by atoms with Crippen LogP contribution >= 0.6 is 0 Å². The van der Waals surface area contributed by atoms with E-state index < -0.39 is 0 Å². The van der Waals surface area contributed by atoms with Gasteiger partial charge in [0.15, 0.2) is 11.5 Å². The Kier molecular flexibility index (Phi) is 4.16. The van der Waals surface area contributed by atoms with Crippen molar-refractivity contribution in [1.82, 2.24) is 24.7 Å². The summed E-state index contributed by atoms with van der Waals surface area (Å²) in [5.74, 6) is 2.49. The van der Waals surface area contributed by atoms with Crippen molar-refractivity contribution in [1.29, 1.82) is 0 Å². The number of aromatic nitrogens is 4. The summed E-state index contributed by atoms with van der Waals surface area (Å²) in [6, 6.07) is 10.4. The first kappa shape index (κ1) is 16.5. The molecule has 1 aromatic carbocycles. The molecule has 27 heavy (non-hydrogen) atoms. The number of rotatable bonds is 5. The molecule has 1 aliphatic heterocycles. The average Bonchev–Trinajstić information content (AvgIpc) is 3.47. The van der Waals surface area contributed by atoms with Crippen LogP contribution in [0.1, 0.15) is 30.1 Å². The van der Waals surface area contributed by atoms with Gasteiger partial charge in [-0.3, -0.25) is 4.90 Å². The zero-order chi connectivity index (χ0) is 18.2. The fourth-order valence-electron chi connectivity index (χ4n) is 3.76. The molecule has 0 radical (unpaired) electrons. The molecule has 5 rings (SSSR count). The minimum atomic E-state index is 0.554. The van der Waals surface area contributed by atoms with Crippen molar-refractivity contribution in [2.75, 3.05) is 38.2 Å². The maximum Gasteiger partial charge on any atom is 0.179 e. The monoisotopic (exact) mass is 364 g/mol. The molecule has 1 aliphatic carbocycles. The SMILES string of the molecule is COc1cccc(CN2CCN(c3cnn4c(C5CC5)nnc4c3)CC2)c1. The van der Waals surface area contributed by atoms with E-state index in [4.69, 9.17) is 4.74 Å². The van der Waals surface area contributed by atoms with Crippen LogP contribution in [-0.4, -0.2) is 58.0 Å². The van der Waals surface area contributed by atoms with Gasteiger partial charge in [0.2, 0.25) is 0 Å². The second-order valence-electron chi connectivity index (χ2n) is 7.43. The number of fused-ring (bicyclic) bond motifs is 1. The number of methoxy groups -OCH3 is 1. The van der Waals surface area contributed by atoms with Crippen LogP contribution in [0.5, 0.6) is 5.75 Å². The Morgan fingerprint density at radius 3 is 2.70 bits per heavy atom. The highest BCUT2D eigenvalue weighted by molar-refractivity contribution is 5.54. The standard InChI is InChI=1S/C20H24N6O/c1-27-18-4-2-3-15(11-18)14-24-7-9-25(10-8-24)17-12-19-22-23-20(16-5-6-16)26(19)21-13-17/h2-4,11-13,16H,5-10,14H2,1H3. The molecule has 0 unspecified atom stereocenters. The molecule has 0 atom stereocenters. The second kappa shape index (κ2) is 6.81. The molecule has 1 saturated carbocycles. The first-order valence-corrected chi connectivity index (χ1v) is 9.62. The topological polar surface area (TPSA) is 58.8 Å². The van der Waals surface area contributed by atoms with Gasteiger partial charge in [-0.2, -0.15) is 9.61 Å². The minimum absolute atomic E-state index is 0.554. The van der Waals surface area contributed by atoms with E-state index in [1.807, 2.05) is 16.8 Å². The molecule has 7 nitrogen and oxygen atoms in total. The van der Waals surface area contributed by atoms with Gasteiger partial charge < -0.3 is 9.64 Å². The van der Waals surface area contributed by atoms with Gasteiger partial charge in [-0.25, -0.2) is 0 Å². The van der Waals surface area contributed by atoms with Gasteiger partial charge >= 0.3 is 0 Å². The van der Waals surface area contributed by atoms with E-state index in [-0.39, 0.29) is 0 Å². The Bertz CT molecular complexity index is 943. The predicted molar refractivity (Wildman–Crippen MR) is 103 cm³/mol. The Balaban J connectivity index is 1.24. The molecule has 2 fully saturated rings. The van der Waals surface area contributed by atoms with Gasteiger partial charge in [0, 0.05) is 44.7 Å². The molecule has 0 N–H and O–H groups in total. The van der Waals surface area contributed by atoms with Gasteiger partial charge in [-0.1, -0.05) is 12.1 Å². The molecule has 0 amide bonds. The molecule has 3 heterocycles. The van der Waals surface area contributed by atoms with Gasteiger partial charge in [0.05, 0.1) is 19.0 Å². The van der Waals surface area contributed by atoms with Crippen LogP contribution < -0.4 is 9.64 Å². The minimum Gasteiger partial charge on any atom is -0.497 e. The lowest BCUT2D eigenvalue weighted by Crippen LogP contribution is -2.46. The van der Waals surface area contributed by atoms with Crippen molar-refractivity contribution >= 4 is 11.3 Å². The molecule has 0 spiro atoms. The average molecular weight is 364 g/mol. The van der Waals surface area contributed by atoms with E-state index in [1.165, 1.54) is 18.4 Å². The molecular weight excluding hydrogens is 340 g/mol. The summed E-state index contributed by atoms with van der Waals surface area (Å²) in [7, 11) is 1.71. The van der Waals surface area contributed by atoms with Crippen molar-refractivity contribution < 1.29 is 4.74 Å². The van der Waals surface area contributed by atoms with Gasteiger partial charge in [0.25, 0.3) is 0 Å². The van der Waals surface area contributed by atoms with Crippen molar-refractivity contribution in [3.63, 3.8) is 0 Å². The maximum atomic E-state index is 5.33. The smallest absolute Gasteiger partial charge is 0.179 e. The number of hydrogen-bond acceptors (Lipinski definition) is 6. The number of ether oxygens (including phenoxy) is 1. The lowest BCUT2D eigenvalue weighted by molar-refractivity contribution is 0.249. The van der Waals surface area contributed by atoms with Crippen molar-refractivity contribution in [2.24, 2.45) is 0 Å². The maximum absolute atomic E-state index is 5.33. The zero-order valence-corrected chi connectivity index (χ0v) is 15.6. The van der Waals surface area contributed by atoms with E-state index in [0.717, 1.165) is 55.6 Å². The molecule has 2 aliphatic rings. The summed E-state index contributed by atoms with van der Waals surface area (Å²) in [5, 5.41) is 13.3. The van der Waals surface area contributed by atoms with E-state index in [9.17, 15) is 0 Å². The van der Waals surface area contributed by atoms with Crippen LogP contribution in [0.3, 0.4) is 0 Å². The van der Waals surface area contributed by atoms with E-state index in [0.29, 0.717) is 5.92 Å². The number of hydrogen-bond donors (Lipinski definition) is 0. The third-order valence-corrected chi connectivity index (χ3v) is 5.49. The molecule has 0 bridgehead atoms. The quantitative estimate of drug-likeness (QED) is 0.693. The van der Waals surface area contributed by atoms with Crippen LogP contribution in [0.4, 0.5) is 5.69 Å². The van der Waals surface area contributed by atoms with Gasteiger partial charge in [-0.15, -0.1) is 10.2 Å². The predicted octanol–water partition coefficient (Wildman–Crippen LogP) is 2.33. The Morgan fingerprint density at radius 1 is 1.07 bits per heavy atom. The Hall–Kier alpha value is -2.67. The molecule has 3 aromatic rings. The highest BCUT2D eigenvalue weighted by Crippen LogP contribution is 2.38. The molecule has 140 valence electrons.